The van der Waals surface area contributed by atoms with Gasteiger partial charge in [-0.15, -0.1) is 0 Å². The number of aromatic nitrogens is 2. The highest BCUT2D eigenvalue weighted by Gasteiger charge is 2.18. The van der Waals surface area contributed by atoms with Gasteiger partial charge in [-0.1, -0.05) is 12.8 Å². The first-order valence-electron chi connectivity index (χ1n) is 5.06. The lowest BCUT2D eigenvalue weighted by atomic mass is 10.2. The molecule has 0 radical (unpaired) electrons. The van der Waals surface area contributed by atoms with E-state index in [0.29, 0.717) is 12.6 Å². The third-order valence-corrected chi connectivity index (χ3v) is 2.91. The van der Waals surface area contributed by atoms with Gasteiger partial charge in [0.25, 0.3) is 0 Å². The maximum absolute atomic E-state index is 5.59. The normalized spacial score (nSPS) is 18.3. The van der Waals surface area contributed by atoms with E-state index in [1.807, 2.05) is 0 Å². The van der Waals surface area contributed by atoms with Crippen molar-refractivity contribution in [2.24, 2.45) is 5.73 Å². The van der Waals surface area contributed by atoms with Crippen LogP contribution in [0.5, 0.6) is 0 Å². The standard InChI is InChI=1S/C10H17N3/c1-8-7-13(12-10(8)6-11)9-4-2-3-5-9/h7,9H,2-6,11H2,1H3. The summed E-state index contributed by atoms with van der Waals surface area (Å²) >= 11 is 0. The molecule has 1 aromatic rings. The van der Waals surface area contributed by atoms with Gasteiger partial charge < -0.3 is 5.73 Å². The second kappa shape index (κ2) is 3.50. The predicted octanol–water partition coefficient (Wildman–Crippen LogP) is 1.77. The van der Waals surface area contributed by atoms with Crippen molar-refractivity contribution in [3.63, 3.8) is 0 Å². The summed E-state index contributed by atoms with van der Waals surface area (Å²) < 4.78 is 2.12. The highest BCUT2D eigenvalue weighted by atomic mass is 15.3. The van der Waals surface area contributed by atoms with Gasteiger partial charge in [0, 0.05) is 12.7 Å². The molecule has 1 heterocycles. The van der Waals surface area contributed by atoms with Crippen LogP contribution in [0.4, 0.5) is 0 Å². The maximum atomic E-state index is 5.59. The van der Waals surface area contributed by atoms with Crippen LogP contribution >= 0.6 is 0 Å². The molecule has 13 heavy (non-hydrogen) atoms. The first-order chi connectivity index (χ1) is 6.31. The van der Waals surface area contributed by atoms with E-state index in [2.05, 4.69) is 22.9 Å². The summed E-state index contributed by atoms with van der Waals surface area (Å²) in [7, 11) is 0. The average molecular weight is 179 g/mol. The quantitative estimate of drug-likeness (QED) is 0.751. The van der Waals surface area contributed by atoms with Crippen LogP contribution in [0.25, 0.3) is 0 Å². The van der Waals surface area contributed by atoms with Crippen LogP contribution in [0.2, 0.25) is 0 Å². The molecule has 0 aromatic carbocycles. The van der Waals surface area contributed by atoms with Gasteiger partial charge in [0.05, 0.1) is 11.7 Å². The number of rotatable bonds is 2. The van der Waals surface area contributed by atoms with Gasteiger partial charge in [0.1, 0.15) is 0 Å². The van der Waals surface area contributed by atoms with Crippen LogP contribution in [0, 0.1) is 6.92 Å². The van der Waals surface area contributed by atoms with Crippen LogP contribution < -0.4 is 5.73 Å². The van der Waals surface area contributed by atoms with Gasteiger partial charge in [-0.25, -0.2) is 0 Å². The molecule has 1 aliphatic rings. The van der Waals surface area contributed by atoms with Crippen LogP contribution in [-0.2, 0) is 6.54 Å². The molecule has 3 nitrogen and oxygen atoms in total. The first kappa shape index (κ1) is 8.75. The molecule has 0 unspecified atom stereocenters. The fourth-order valence-electron chi connectivity index (χ4n) is 2.08. The van der Waals surface area contributed by atoms with Gasteiger partial charge in [-0.05, 0) is 25.3 Å². The molecule has 0 spiro atoms. The molecule has 0 amide bonds. The molecule has 2 N–H and O–H groups in total. The van der Waals surface area contributed by atoms with Crippen molar-refractivity contribution in [1.82, 2.24) is 9.78 Å². The van der Waals surface area contributed by atoms with E-state index in [9.17, 15) is 0 Å². The van der Waals surface area contributed by atoms with E-state index in [-0.39, 0.29) is 0 Å². The Bertz CT molecular complexity index is 284. The molecular formula is C10H17N3. The molecule has 0 bridgehead atoms. The minimum Gasteiger partial charge on any atom is -0.325 e. The van der Waals surface area contributed by atoms with E-state index >= 15 is 0 Å². The highest BCUT2D eigenvalue weighted by Crippen LogP contribution is 2.29. The monoisotopic (exact) mass is 179 g/mol. The summed E-state index contributed by atoms with van der Waals surface area (Å²) in [5, 5.41) is 4.50. The lowest BCUT2D eigenvalue weighted by Crippen LogP contribution is -2.06. The molecule has 2 rings (SSSR count). The van der Waals surface area contributed by atoms with Crippen LogP contribution in [-0.4, -0.2) is 9.78 Å². The summed E-state index contributed by atoms with van der Waals surface area (Å²) in [6.45, 7) is 2.65. The van der Waals surface area contributed by atoms with E-state index in [4.69, 9.17) is 5.73 Å². The molecule has 1 aliphatic carbocycles. The Morgan fingerprint density at radius 1 is 1.54 bits per heavy atom. The topological polar surface area (TPSA) is 43.8 Å². The lowest BCUT2D eigenvalue weighted by Gasteiger charge is -2.08. The van der Waals surface area contributed by atoms with E-state index < -0.39 is 0 Å². The molecule has 72 valence electrons. The first-order valence-corrected chi connectivity index (χ1v) is 5.06. The van der Waals surface area contributed by atoms with Gasteiger partial charge in [-0.3, -0.25) is 4.68 Å². The number of hydrogen-bond acceptors (Lipinski definition) is 2. The molecule has 1 aromatic heterocycles. The zero-order valence-electron chi connectivity index (χ0n) is 8.16. The van der Waals surface area contributed by atoms with E-state index in [0.717, 1.165) is 5.69 Å². The summed E-state index contributed by atoms with van der Waals surface area (Å²) in [5.41, 5.74) is 7.87. The van der Waals surface area contributed by atoms with E-state index in [1.54, 1.807) is 0 Å². The van der Waals surface area contributed by atoms with Crippen molar-refractivity contribution >= 4 is 0 Å². The zero-order valence-corrected chi connectivity index (χ0v) is 8.16. The number of aryl methyl sites for hydroxylation is 1. The molecular weight excluding hydrogens is 162 g/mol. The SMILES string of the molecule is Cc1cn(C2CCCC2)nc1CN. The summed E-state index contributed by atoms with van der Waals surface area (Å²) in [6.07, 6.45) is 7.40. The Balaban J connectivity index is 2.20. The highest BCUT2D eigenvalue weighted by molar-refractivity contribution is 5.14. The van der Waals surface area contributed by atoms with Crippen molar-refractivity contribution in [3.05, 3.63) is 17.5 Å². The Kier molecular flexibility index (Phi) is 2.36. The Labute approximate surface area is 78.9 Å². The third kappa shape index (κ3) is 1.61. The number of nitrogens with zero attached hydrogens (tertiary/aromatic N) is 2. The Hall–Kier alpha value is -0.830. The van der Waals surface area contributed by atoms with Crippen LogP contribution in [0.3, 0.4) is 0 Å². The summed E-state index contributed by atoms with van der Waals surface area (Å²) in [6, 6.07) is 0.638. The second-order valence-corrected chi connectivity index (χ2v) is 3.88. The fraction of sp³-hybridized carbons (Fsp3) is 0.700. The maximum Gasteiger partial charge on any atom is 0.0789 e. The molecule has 0 aliphatic heterocycles. The molecule has 1 fully saturated rings. The van der Waals surface area contributed by atoms with Crippen molar-refractivity contribution in [2.75, 3.05) is 0 Å². The molecule has 1 saturated carbocycles. The number of nitrogens with two attached hydrogens (primary N) is 1. The van der Waals surface area contributed by atoms with Crippen LogP contribution in [0.1, 0.15) is 43.0 Å². The van der Waals surface area contributed by atoms with Crippen molar-refractivity contribution in [3.8, 4) is 0 Å². The van der Waals surface area contributed by atoms with Crippen molar-refractivity contribution in [2.45, 2.75) is 45.2 Å². The Morgan fingerprint density at radius 2 is 2.23 bits per heavy atom. The van der Waals surface area contributed by atoms with Crippen LogP contribution in [0.15, 0.2) is 6.20 Å². The van der Waals surface area contributed by atoms with Gasteiger partial charge >= 0.3 is 0 Å². The average Bonchev–Trinajstić information content (AvgIpc) is 2.71. The molecule has 0 saturated heterocycles. The molecule has 0 atom stereocenters. The molecule has 3 heteroatoms. The van der Waals surface area contributed by atoms with Gasteiger partial charge in [-0.2, -0.15) is 5.10 Å². The Morgan fingerprint density at radius 3 is 2.77 bits per heavy atom. The third-order valence-electron chi connectivity index (χ3n) is 2.91. The largest absolute Gasteiger partial charge is 0.325 e. The summed E-state index contributed by atoms with van der Waals surface area (Å²) in [4.78, 5) is 0. The number of hydrogen-bond donors (Lipinski definition) is 1. The van der Waals surface area contributed by atoms with Crippen molar-refractivity contribution < 1.29 is 0 Å². The minimum atomic E-state index is 0.561. The second-order valence-electron chi connectivity index (χ2n) is 3.88. The van der Waals surface area contributed by atoms with E-state index in [1.165, 1.54) is 31.2 Å². The zero-order chi connectivity index (χ0) is 9.26. The van der Waals surface area contributed by atoms with Crippen molar-refractivity contribution in [1.29, 1.82) is 0 Å². The smallest absolute Gasteiger partial charge is 0.0789 e. The lowest BCUT2D eigenvalue weighted by molar-refractivity contribution is 0.463. The fourth-order valence-corrected chi connectivity index (χ4v) is 2.08. The van der Waals surface area contributed by atoms with Gasteiger partial charge in [0.2, 0.25) is 0 Å². The van der Waals surface area contributed by atoms with Gasteiger partial charge in [0.15, 0.2) is 0 Å². The predicted molar refractivity (Wildman–Crippen MR) is 52.4 cm³/mol. The summed E-state index contributed by atoms with van der Waals surface area (Å²) in [5.74, 6) is 0. The minimum absolute atomic E-state index is 0.561.